The third-order valence-corrected chi connectivity index (χ3v) is 4.47. The highest BCUT2D eigenvalue weighted by Gasteiger charge is 2.33. The van der Waals surface area contributed by atoms with Crippen LogP contribution < -0.4 is 4.90 Å². The van der Waals surface area contributed by atoms with Gasteiger partial charge in [0.05, 0.1) is 0 Å². The van der Waals surface area contributed by atoms with Crippen LogP contribution in [0.2, 0.25) is 0 Å². The van der Waals surface area contributed by atoms with Gasteiger partial charge in [-0.25, -0.2) is 9.18 Å². The van der Waals surface area contributed by atoms with E-state index in [9.17, 15) is 14.3 Å². The van der Waals surface area contributed by atoms with Crippen LogP contribution in [0.15, 0.2) is 48.5 Å². The highest BCUT2D eigenvalue weighted by atomic mass is 35.5. The molecule has 3 rings (SSSR count). The largest absolute Gasteiger partial charge is 0.480 e. The van der Waals surface area contributed by atoms with Gasteiger partial charge in [-0.05, 0) is 36.2 Å². The van der Waals surface area contributed by atoms with E-state index < -0.39 is 12.0 Å². The van der Waals surface area contributed by atoms with E-state index in [0.29, 0.717) is 13.1 Å². The van der Waals surface area contributed by atoms with Gasteiger partial charge in [-0.3, -0.25) is 4.90 Å². The van der Waals surface area contributed by atoms with Crippen molar-refractivity contribution in [2.24, 2.45) is 0 Å². The molecule has 1 aliphatic rings. The fourth-order valence-corrected chi connectivity index (χ4v) is 3.27. The molecule has 6 heteroatoms. The number of piperazine rings is 1. The van der Waals surface area contributed by atoms with E-state index in [4.69, 9.17) is 0 Å². The third kappa shape index (κ3) is 4.50. The van der Waals surface area contributed by atoms with Crippen LogP contribution in [0, 0.1) is 12.7 Å². The number of hydrogen-bond donors (Lipinski definition) is 1. The van der Waals surface area contributed by atoms with Gasteiger partial charge in [0.1, 0.15) is 11.9 Å². The molecule has 1 unspecified atom stereocenters. The van der Waals surface area contributed by atoms with Gasteiger partial charge < -0.3 is 10.0 Å². The van der Waals surface area contributed by atoms with Gasteiger partial charge in [0, 0.05) is 31.9 Å². The Morgan fingerprint density at radius 2 is 1.92 bits per heavy atom. The monoisotopic (exact) mass is 364 g/mol. The molecule has 0 aromatic heterocycles. The van der Waals surface area contributed by atoms with Gasteiger partial charge in [-0.2, -0.15) is 0 Å². The van der Waals surface area contributed by atoms with Crippen LogP contribution in [0.1, 0.15) is 11.1 Å². The van der Waals surface area contributed by atoms with Crippen molar-refractivity contribution in [2.75, 3.05) is 24.5 Å². The summed E-state index contributed by atoms with van der Waals surface area (Å²) < 4.78 is 13.3. The maximum Gasteiger partial charge on any atom is 0.327 e. The van der Waals surface area contributed by atoms with Gasteiger partial charge in [0.2, 0.25) is 0 Å². The van der Waals surface area contributed by atoms with Crippen molar-refractivity contribution in [3.05, 3.63) is 65.5 Å². The number of carboxylic acid groups (broad SMARTS) is 1. The molecular weight excluding hydrogens is 343 g/mol. The fraction of sp³-hybridized carbons (Fsp3) is 0.316. The van der Waals surface area contributed by atoms with Gasteiger partial charge >= 0.3 is 5.97 Å². The van der Waals surface area contributed by atoms with Crippen LogP contribution in [0.25, 0.3) is 0 Å². The molecule has 0 amide bonds. The number of benzene rings is 2. The quantitative estimate of drug-likeness (QED) is 0.903. The molecule has 2 aromatic carbocycles. The first kappa shape index (κ1) is 19.2. The summed E-state index contributed by atoms with van der Waals surface area (Å²) in [4.78, 5) is 15.8. The molecule has 1 atom stereocenters. The fourth-order valence-electron chi connectivity index (χ4n) is 3.27. The van der Waals surface area contributed by atoms with Crippen molar-refractivity contribution in [2.45, 2.75) is 19.5 Å². The summed E-state index contributed by atoms with van der Waals surface area (Å²) in [5, 5.41) is 9.66. The molecule has 0 spiro atoms. The molecule has 1 aliphatic heterocycles. The van der Waals surface area contributed by atoms with Gasteiger partial charge in [0.25, 0.3) is 0 Å². The molecule has 0 bridgehead atoms. The molecule has 25 heavy (non-hydrogen) atoms. The number of hydrogen-bond acceptors (Lipinski definition) is 3. The molecule has 1 N–H and O–H groups in total. The first-order valence-corrected chi connectivity index (χ1v) is 8.06. The molecule has 0 radical (unpaired) electrons. The van der Waals surface area contributed by atoms with Crippen LogP contribution in [0.4, 0.5) is 10.1 Å². The van der Waals surface area contributed by atoms with Crippen LogP contribution in [0.3, 0.4) is 0 Å². The van der Waals surface area contributed by atoms with E-state index in [-0.39, 0.29) is 18.2 Å². The molecule has 4 nitrogen and oxygen atoms in total. The zero-order chi connectivity index (χ0) is 17.1. The van der Waals surface area contributed by atoms with E-state index in [2.05, 4.69) is 4.90 Å². The second-order valence-corrected chi connectivity index (χ2v) is 6.20. The number of aryl methyl sites for hydroxylation is 1. The van der Waals surface area contributed by atoms with E-state index in [1.807, 2.05) is 42.2 Å². The molecular formula is C19H22ClFN2O2. The number of anilines is 1. The molecule has 1 saturated heterocycles. The summed E-state index contributed by atoms with van der Waals surface area (Å²) in [5.74, 6) is -1.15. The second kappa shape index (κ2) is 8.32. The maximum absolute atomic E-state index is 13.3. The first-order valence-electron chi connectivity index (χ1n) is 8.06. The van der Waals surface area contributed by atoms with Crippen molar-refractivity contribution in [1.29, 1.82) is 0 Å². The Morgan fingerprint density at radius 1 is 1.20 bits per heavy atom. The lowest BCUT2D eigenvalue weighted by Gasteiger charge is -2.41. The van der Waals surface area contributed by atoms with E-state index in [1.54, 1.807) is 6.07 Å². The summed E-state index contributed by atoms with van der Waals surface area (Å²) >= 11 is 0. The summed E-state index contributed by atoms with van der Waals surface area (Å²) in [6.45, 7) is 4.38. The highest BCUT2D eigenvalue weighted by Crippen LogP contribution is 2.26. The number of aliphatic carboxylic acids is 1. The number of rotatable bonds is 4. The molecule has 0 saturated carbocycles. The Kier molecular flexibility index (Phi) is 6.39. The topological polar surface area (TPSA) is 43.8 Å². The predicted molar refractivity (Wildman–Crippen MR) is 98.9 cm³/mol. The number of carbonyl (C=O) groups is 1. The van der Waals surface area contributed by atoms with Gasteiger partial charge in [-0.15, -0.1) is 12.4 Å². The number of carboxylic acids is 1. The van der Waals surface area contributed by atoms with Crippen LogP contribution in [-0.4, -0.2) is 41.7 Å². The Morgan fingerprint density at radius 3 is 2.56 bits per heavy atom. The summed E-state index contributed by atoms with van der Waals surface area (Å²) in [5.41, 5.74) is 2.73. The Hall–Kier alpha value is -2.11. The summed E-state index contributed by atoms with van der Waals surface area (Å²) in [7, 11) is 0. The first-order chi connectivity index (χ1) is 11.5. The van der Waals surface area contributed by atoms with Gasteiger partial charge in [-0.1, -0.05) is 30.3 Å². The average Bonchev–Trinajstić information content (AvgIpc) is 2.56. The van der Waals surface area contributed by atoms with Gasteiger partial charge in [0.15, 0.2) is 0 Å². The Balaban J connectivity index is 0.00000225. The zero-order valence-electron chi connectivity index (χ0n) is 14.1. The lowest BCUT2D eigenvalue weighted by atomic mass is 10.1. The Bertz CT molecular complexity index is 727. The number of nitrogens with zero attached hydrogens (tertiary/aromatic N) is 2. The zero-order valence-corrected chi connectivity index (χ0v) is 14.9. The number of halogens is 2. The third-order valence-electron chi connectivity index (χ3n) is 4.47. The molecule has 0 aliphatic carbocycles. The molecule has 2 aromatic rings. The lowest BCUT2D eigenvalue weighted by Crippen LogP contribution is -2.56. The standard InChI is InChI=1S/C19H21FN2O2.ClH/c1-14-11-16(20)7-8-17(14)22-10-9-21(13-18(22)19(23)24)12-15-5-3-2-4-6-15;/h2-8,11,18H,9-10,12-13H2,1H3,(H,23,24);1H. The predicted octanol–water partition coefficient (Wildman–Crippen LogP) is 3.33. The van der Waals surface area contributed by atoms with E-state index in [1.165, 1.54) is 17.7 Å². The normalized spacial score (nSPS) is 17.8. The molecule has 1 heterocycles. The molecule has 134 valence electrons. The van der Waals surface area contributed by atoms with Crippen molar-refractivity contribution in [3.63, 3.8) is 0 Å². The SMILES string of the molecule is Cc1cc(F)ccc1N1CCN(Cc2ccccc2)CC1C(=O)O.Cl. The van der Waals surface area contributed by atoms with Crippen LogP contribution in [-0.2, 0) is 11.3 Å². The average molecular weight is 365 g/mol. The second-order valence-electron chi connectivity index (χ2n) is 6.20. The van der Waals surface area contributed by atoms with Crippen molar-refractivity contribution < 1.29 is 14.3 Å². The van der Waals surface area contributed by atoms with Crippen molar-refractivity contribution in [1.82, 2.24) is 4.90 Å². The van der Waals surface area contributed by atoms with E-state index >= 15 is 0 Å². The minimum absolute atomic E-state index is 0. The summed E-state index contributed by atoms with van der Waals surface area (Å²) in [6, 6.07) is 13.9. The summed E-state index contributed by atoms with van der Waals surface area (Å²) in [6.07, 6.45) is 0. The maximum atomic E-state index is 13.3. The Labute approximate surface area is 153 Å². The van der Waals surface area contributed by atoms with E-state index in [0.717, 1.165) is 24.3 Å². The minimum atomic E-state index is -0.850. The molecule has 1 fully saturated rings. The minimum Gasteiger partial charge on any atom is -0.480 e. The highest BCUT2D eigenvalue weighted by molar-refractivity contribution is 5.85. The van der Waals surface area contributed by atoms with Crippen LogP contribution >= 0.6 is 12.4 Å². The van der Waals surface area contributed by atoms with Crippen molar-refractivity contribution in [3.8, 4) is 0 Å². The van der Waals surface area contributed by atoms with Crippen LogP contribution in [0.5, 0.6) is 0 Å². The van der Waals surface area contributed by atoms with Crippen molar-refractivity contribution >= 4 is 24.1 Å². The smallest absolute Gasteiger partial charge is 0.327 e. The lowest BCUT2D eigenvalue weighted by molar-refractivity contribution is -0.139.